The Morgan fingerprint density at radius 1 is 1.33 bits per heavy atom. The van der Waals surface area contributed by atoms with E-state index in [0.717, 1.165) is 16.1 Å². The van der Waals surface area contributed by atoms with Crippen LogP contribution in [-0.4, -0.2) is 19.4 Å². The molecule has 0 bridgehead atoms. The van der Waals surface area contributed by atoms with E-state index in [-0.39, 0.29) is 4.90 Å². The zero-order chi connectivity index (χ0) is 15.5. The van der Waals surface area contributed by atoms with Gasteiger partial charge >= 0.3 is 0 Å². The minimum absolute atomic E-state index is 0.275. The molecule has 0 aliphatic heterocycles. The molecule has 3 N–H and O–H groups in total. The van der Waals surface area contributed by atoms with Crippen LogP contribution in [0.2, 0.25) is 0 Å². The monoisotopic (exact) mass is 327 g/mol. The van der Waals surface area contributed by atoms with Crippen LogP contribution in [0, 0.1) is 6.92 Å². The number of rotatable bonds is 7. The lowest BCUT2D eigenvalue weighted by Gasteiger charge is -2.06. The summed E-state index contributed by atoms with van der Waals surface area (Å²) in [6.45, 7) is 7.02. The summed E-state index contributed by atoms with van der Waals surface area (Å²) in [6.07, 6.45) is 1.53. The quantitative estimate of drug-likeness (QED) is 0.731. The average Bonchev–Trinajstić information content (AvgIpc) is 3.03. The Morgan fingerprint density at radius 3 is 2.71 bits per heavy atom. The van der Waals surface area contributed by atoms with Gasteiger partial charge in [0.25, 0.3) is 0 Å². The van der Waals surface area contributed by atoms with Crippen molar-refractivity contribution in [3.05, 3.63) is 39.8 Å². The maximum Gasteiger partial charge on any atom is 0.242 e. The summed E-state index contributed by atoms with van der Waals surface area (Å²) in [5, 5.41) is 5.21. The second kappa shape index (κ2) is 6.74. The van der Waals surface area contributed by atoms with Gasteiger partial charge in [0.1, 0.15) is 0 Å². The molecule has 0 unspecified atom stereocenters. The van der Waals surface area contributed by atoms with E-state index in [0.29, 0.717) is 19.1 Å². The number of aromatic amines is 1. The smallest absolute Gasteiger partial charge is 0.242 e. The van der Waals surface area contributed by atoms with Gasteiger partial charge in [-0.05, 0) is 30.0 Å². The largest absolute Gasteiger partial charge is 0.363 e. The summed E-state index contributed by atoms with van der Waals surface area (Å²) in [5.41, 5.74) is 1.97. The molecule has 0 spiro atoms. The summed E-state index contributed by atoms with van der Waals surface area (Å²) in [6, 6.07) is 4.01. The van der Waals surface area contributed by atoms with Gasteiger partial charge in [0.05, 0.1) is 4.90 Å². The SMILES string of the molecule is Cc1ccsc1CNS(=O)(=O)c1c[nH]c(CNC(C)C)c1. The normalized spacial score (nSPS) is 12.2. The zero-order valence-electron chi connectivity index (χ0n) is 12.4. The molecular weight excluding hydrogens is 306 g/mol. The van der Waals surface area contributed by atoms with Gasteiger partial charge in [-0.2, -0.15) is 0 Å². The standard InChI is InChI=1S/C14H21N3O2S2/c1-10(2)15-7-12-6-13(8-16-12)21(18,19)17-9-14-11(3)4-5-20-14/h4-6,8,10,15-17H,7,9H2,1-3H3. The van der Waals surface area contributed by atoms with Gasteiger partial charge in [-0.1, -0.05) is 13.8 Å². The molecule has 2 aromatic rings. The predicted molar refractivity (Wildman–Crippen MR) is 85.8 cm³/mol. The molecule has 0 atom stereocenters. The molecule has 116 valence electrons. The van der Waals surface area contributed by atoms with E-state index in [4.69, 9.17) is 0 Å². The van der Waals surface area contributed by atoms with E-state index >= 15 is 0 Å². The Hall–Kier alpha value is -1.15. The highest BCUT2D eigenvalue weighted by molar-refractivity contribution is 7.89. The number of aryl methyl sites for hydroxylation is 1. The first kappa shape index (κ1) is 16.2. The summed E-state index contributed by atoms with van der Waals surface area (Å²) < 4.78 is 27.1. The van der Waals surface area contributed by atoms with Crippen molar-refractivity contribution in [2.75, 3.05) is 0 Å². The lowest BCUT2D eigenvalue weighted by atomic mass is 10.3. The fourth-order valence-electron chi connectivity index (χ4n) is 1.82. The molecule has 0 aliphatic carbocycles. The van der Waals surface area contributed by atoms with E-state index < -0.39 is 10.0 Å². The van der Waals surface area contributed by atoms with Crippen LogP contribution in [0.15, 0.2) is 28.6 Å². The van der Waals surface area contributed by atoms with Gasteiger partial charge < -0.3 is 10.3 Å². The van der Waals surface area contributed by atoms with Crippen molar-refractivity contribution in [2.45, 2.75) is 44.8 Å². The maximum atomic E-state index is 12.2. The Bertz CT molecular complexity index is 687. The first-order chi connectivity index (χ1) is 9.88. The van der Waals surface area contributed by atoms with Gasteiger partial charge in [0.2, 0.25) is 10.0 Å². The number of thiophene rings is 1. The van der Waals surface area contributed by atoms with Gasteiger partial charge in [0.15, 0.2) is 0 Å². The van der Waals surface area contributed by atoms with Crippen LogP contribution in [0.5, 0.6) is 0 Å². The van der Waals surface area contributed by atoms with Crippen molar-refractivity contribution in [1.82, 2.24) is 15.0 Å². The molecule has 5 nitrogen and oxygen atoms in total. The van der Waals surface area contributed by atoms with E-state index in [9.17, 15) is 8.42 Å². The van der Waals surface area contributed by atoms with E-state index in [1.807, 2.05) is 32.2 Å². The van der Waals surface area contributed by atoms with E-state index in [1.165, 1.54) is 6.20 Å². The van der Waals surface area contributed by atoms with Crippen molar-refractivity contribution in [2.24, 2.45) is 0 Å². The Balaban J connectivity index is 2.01. The third-order valence-electron chi connectivity index (χ3n) is 3.12. The maximum absolute atomic E-state index is 12.2. The van der Waals surface area contributed by atoms with Crippen LogP contribution >= 0.6 is 11.3 Å². The highest BCUT2D eigenvalue weighted by Gasteiger charge is 2.16. The minimum atomic E-state index is -3.47. The molecule has 0 aliphatic rings. The van der Waals surface area contributed by atoms with Crippen molar-refractivity contribution < 1.29 is 8.42 Å². The molecule has 0 fully saturated rings. The van der Waals surface area contributed by atoms with Crippen LogP contribution in [-0.2, 0) is 23.1 Å². The molecule has 7 heteroatoms. The van der Waals surface area contributed by atoms with E-state index in [2.05, 4.69) is 15.0 Å². The van der Waals surface area contributed by atoms with E-state index in [1.54, 1.807) is 17.4 Å². The van der Waals surface area contributed by atoms with Crippen molar-refractivity contribution >= 4 is 21.4 Å². The zero-order valence-corrected chi connectivity index (χ0v) is 14.1. The summed E-state index contributed by atoms with van der Waals surface area (Å²) >= 11 is 1.56. The molecule has 2 aromatic heterocycles. The van der Waals surface area contributed by atoms with Crippen LogP contribution in [0.4, 0.5) is 0 Å². The highest BCUT2D eigenvalue weighted by Crippen LogP contribution is 2.17. The summed E-state index contributed by atoms with van der Waals surface area (Å²) in [7, 11) is -3.47. The molecule has 0 radical (unpaired) electrons. The number of hydrogen-bond donors (Lipinski definition) is 3. The Morgan fingerprint density at radius 2 is 2.10 bits per heavy atom. The van der Waals surface area contributed by atoms with Crippen LogP contribution in [0.1, 0.15) is 30.0 Å². The number of H-pyrrole nitrogens is 1. The highest BCUT2D eigenvalue weighted by atomic mass is 32.2. The molecule has 2 heterocycles. The van der Waals surface area contributed by atoms with Gasteiger partial charge in [0, 0.05) is 35.9 Å². The predicted octanol–water partition coefficient (Wildman–Crippen LogP) is 2.36. The van der Waals surface area contributed by atoms with Crippen molar-refractivity contribution in [1.29, 1.82) is 0 Å². The molecule has 0 aromatic carbocycles. The summed E-state index contributed by atoms with van der Waals surface area (Å²) in [5.74, 6) is 0. The number of sulfonamides is 1. The first-order valence-corrected chi connectivity index (χ1v) is 9.18. The van der Waals surface area contributed by atoms with Gasteiger partial charge in [-0.3, -0.25) is 0 Å². The van der Waals surface area contributed by atoms with Crippen molar-refractivity contribution in [3.63, 3.8) is 0 Å². The van der Waals surface area contributed by atoms with Crippen molar-refractivity contribution in [3.8, 4) is 0 Å². The number of aromatic nitrogens is 1. The third kappa shape index (κ3) is 4.41. The fourth-order valence-corrected chi connectivity index (χ4v) is 3.77. The Labute approximate surface area is 129 Å². The molecule has 2 rings (SSSR count). The lowest BCUT2D eigenvalue weighted by Crippen LogP contribution is -2.23. The average molecular weight is 327 g/mol. The second-order valence-electron chi connectivity index (χ2n) is 5.25. The molecule has 21 heavy (non-hydrogen) atoms. The molecule has 0 saturated heterocycles. The molecule has 0 saturated carbocycles. The Kier molecular flexibility index (Phi) is 5.21. The van der Waals surface area contributed by atoms with Crippen LogP contribution in [0.25, 0.3) is 0 Å². The third-order valence-corrected chi connectivity index (χ3v) is 5.52. The number of hydrogen-bond acceptors (Lipinski definition) is 4. The molecular formula is C14H21N3O2S2. The topological polar surface area (TPSA) is 74.0 Å². The fraction of sp³-hybridized carbons (Fsp3) is 0.429. The van der Waals surface area contributed by atoms with Crippen LogP contribution < -0.4 is 10.0 Å². The van der Waals surface area contributed by atoms with Crippen LogP contribution in [0.3, 0.4) is 0 Å². The number of nitrogens with one attached hydrogen (secondary N) is 3. The minimum Gasteiger partial charge on any atom is -0.363 e. The van der Waals surface area contributed by atoms with Gasteiger partial charge in [-0.25, -0.2) is 13.1 Å². The second-order valence-corrected chi connectivity index (χ2v) is 8.02. The first-order valence-electron chi connectivity index (χ1n) is 6.82. The lowest BCUT2D eigenvalue weighted by molar-refractivity contribution is 0.580. The summed E-state index contributed by atoms with van der Waals surface area (Å²) in [4.78, 5) is 4.31. The molecule has 0 amide bonds. The van der Waals surface area contributed by atoms with Gasteiger partial charge in [-0.15, -0.1) is 11.3 Å².